The smallest absolute Gasteiger partial charge is 0.273 e. The maximum absolute atomic E-state index is 12.4. The zero-order valence-electron chi connectivity index (χ0n) is 11.7. The second-order valence-electron chi connectivity index (χ2n) is 4.74. The third kappa shape index (κ3) is 3.04. The van der Waals surface area contributed by atoms with E-state index in [1.54, 1.807) is 41.0 Å². The summed E-state index contributed by atoms with van der Waals surface area (Å²) in [5.74, 6) is 0. The Balaban J connectivity index is 2.27. The first-order valence-corrected chi connectivity index (χ1v) is 7.81. The molecule has 0 amide bonds. The lowest BCUT2D eigenvalue weighted by Crippen LogP contribution is -2.20. The van der Waals surface area contributed by atoms with E-state index in [-0.39, 0.29) is 5.56 Å². The van der Waals surface area contributed by atoms with Crippen molar-refractivity contribution in [2.45, 2.75) is 0 Å². The molecule has 0 aliphatic carbocycles. The summed E-state index contributed by atoms with van der Waals surface area (Å²) in [5, 5.41) is 9.52. The van der Waals surface area contributed by atoms with Crippen LogP contribution in [0.1, 0.15) is 5.56 Å². The van der Waals surface area contributed by atoms with Crippen molar-refractivity contribution < 1.29 is 0 Å². The van der Waals surface area contributed by atoms with Crippen LogP contribution in [0.5, 0.6) is 0 Å². The molecule has 4 nitrogen and oxygen atoms in total. The van der Waals surface area contributed by atoms with Crippen LogP contribution in [0, 0.1) is 11.3 Å². The van der Waals surface area contributed by atoms with Crippen LogP contribution in [0.3, 0.4) is 0 Å². The molecule has 0 N–H and O–H groups in total. The van der Waals surface area contributed by atoms with Crippen molar-refractivity contribution in [3.05, 3.63) is 80.3 Å². The summed E-state index contributed by atoms with van der Waals surface area (Å²) in [4.78, 5) is 16.5. The average molecular weight is 387 g/mol. The topological polar surface area (TPSA) is 58.7 Å². The molecule has 1 aromatic heterocycles. The second-order valence-corrected chi connectivity index (χ2v) is 5.92. The van der Waals surface area contributed by atoms with E-state index in [4.69, 9.17) is 16.9 Å². The molecule has 0 fully saturated rings. The molecule has 0 saturated heterocycles. The fourth-order valence-corrected chi connectivity index (χ4v) is 2.87. The number of aromatic nitrogens is 2. The number of rotatable bonds is 2. The van der Waals surface area contributed by atoms with Crippen LogP contribution in [0.2, 0.25) is 5.02 Å². The first-order valence-electron chi connectivity index (χ1n) is 6.64. The average Bonchev–Trinajstić information content (AvgIpc) is 2.58. The predicted molar refractivity (Wildman–Crippen MR) is 92.7 cm³/mol. The summed E-state index contributed by atoms with van der Waals surface area (Å²) in [6.45, 7) is 0. The molecule has 0 unspecified atom stereocenters. The van der Waals surface area contributed by atoms with E-state index >= 15 is 0 Å². The van der Waals surface area contributed by atoms with E-state index in [0.29, 0.717) is 26.6 Å². The lowest BCUT2D eigenvalue weighted by atomic mass is 10.1. The van der Waals surface area contributed by atoms with Crippen molar-refractivity contribution in [1.82, 2.24) is 9.55 Å². The van der Waals surface area contributed by atoms with Gasteiger partial charge in [0, 0.05) is 16.3 Å². The van der Waals surface area contributed by atoms with Crippen LogP contribution in [0.4, 0.5) is 0 Å². The van der Waals surface area contributed by atoms with Crippen LogP contribution >= 0.6 is 27.5 Å². The molecule has 2 aromatic carbocycles. The van der Waals surface area contributed by atoms with Crippen LogP contribution < -0.4 is 5.56 Å². The zero-order valence-corrected chi connectivity index (χ0v) is 14.0. The summed E-state index contributed by atoms with van der Waals surface area (Å²) < 4.78 is 2.09. The molecule has 0 radical (unpaired) electrons. The van der Waals surface area contributed by atoms with Gasteiger partial charge in [-0.25, -0.2) is 4.98 Å². The van der Waals surface area contributed by atoms with Crippen molar-refractivity contribution in [2.75, 3.05) is 0 Å². The lowest BCUT2D eigenvalue weighted by molar-refractivity contribution is 0.953. The van der Waals surface area contributed by atoms with Gasteiger partial charge in [-0.15, -0.1) is 0 Å². The number of nitrogens with zero attached hydrogens (tertiary/aromatic N) is 3. The Morgan fingerprint density at radius 1 is 1.09 bits per heavy atom. The van der Waals surface area contributed by atoms with Gasteiger partial charge in [0.05, 0.1) is 23.5 Å². The van der Waals surface area contributed by atoms with E-state index in [1.165, 1.54) is 6.20 Å². The van der Waals surface area contributed by atoms with Crippen molar-refractivity contribution in [3.8, 4) is 23.0 Å². The molecule has 0 spiro atoms. The molecule has 0 aliphatic heterocycles. The second kappa shape index (κ2) is 6.37. The van der Waals surface area contributed by atoms with Crippen LogP contribution in [-0.2, 0) is 0 Å². The van der Waals surface area contributed by atoms with Gasteiger partial charge in [-0.2, -0.15) is 5.26 Å². The van der Waals surface area contributed by atoms with E-state index in [2.05, 4.69) is 27.0 Å². The Bertz CT molecular complexity index is 957. The predicted octanol–water partition coefficient (Wildman–Crippen LogP) is 4.19. The van der Waals surface area contributed by atoms with Gasteiger partial charge < -0.3 is 0 Å². The highest BCUT2D eigenvalue weighted by atomic mass is 79.9. The minimum Gasteiger partial charge on any atom is -0.273 e. The van der Waals surface area contributed by atoms with E-state index in [0.717, 1.165) is 5.56 Å². The van der Waals surface area contributed by atoms with Crippen LogP contribution in [0.25, 0.3) is 16.9 Å². The van der Waals surface area contributed by atoms with Crippen LogP contribution in [-0.4, -0.2) is 9.55 Å². The van der Waals surface area contributed by atoms with Gasteiger partial charge in [0.15, 0.2) is 0 Å². The molecule has 0 saturated carbocycles. The van der Waals surface area contributed by atoms with Gasteiger partial charge in [0.1, 0.15) is 4.60 Å². The first kappa shape index (κ1) is 15.5. The van der Waals surface area contributed by atoms with Crippen molar-refractivity contribution in [2.24, 2.45) is 0 Å². The standard InChI is InChI=1S/C17H9BrClN3O/c18-17-16(12-3-5-13(19)6-4-12)22(15(23)10-21-17)14-7-1-11(9-20)2-8-14/h1-8,10H. The minimum atomic E-state index is -0.261. The summed E-state index contributed by atoms with van der Waals surface area (Å²) in [5.41, 5.74) is 2.35. The molecule has 3 rings (SSSR count). The quantitative estimate of drug-likeness (QED) is 0.663. The molecular formula is C17H9BrClN3O. The van der Waals surface area contributed by atoms with Gasteiger partial charge >= 0.3 is 0 Å². The van der Waals surface area contributed by atoms with E-state index in [1.807, 2.05) is 12.1 Å². The Labute approximate surface area is 145 Å². The Morgan fingerprint density at radius 3 is 2.35 bits per heavy atom. The van der Waals surface area contributed by atoms with Crippen LogP contribution in [0.15, 0.2) is 64.1 Å². The largest absolute Gasteiger partial charge is 0.274 e. The highest BCUT2D eigenvalue weighted by molar-refractivity contribution is 9.10. The number of halogens is 2. The highest BCUT2D eigenvalue weighted by Gasteiger charge is 2.14. The molecular weight excluding hydrogens is 378 g/mol. The summed E-state index contributed by atoms with van der Waals surface area (Å²) in [7, 11) is 0. The van der Waals surface area contributed by atoms with E-state index in [9.17, 15) is 4.79 Å². The Hall–Kier alpha value is -2.42. The molecule has 112 valence electrons. The molecule has 3 aromatic rings. The van der Waals surface area contributed by atoms with Crippen molar-refractivity contribution in [1.29, 1.82) is 5.26 Å². The maximum atomic E-state index is 12.4. The Morgan fingerprint density at radius 2 is 1.74 bits per heavy atom. The minimum absolute atomic E-state index is 0.261. The third-order valence-corrected chi connectivity index (χ3v) is 4.13. The molecule has 0 bridgehead atoms. The fraction of sp³-hybridized carbons (Fsp3) is 0. The SMILES string of the molecule is N#Cc1ccc(-n2c(-c3ccc(Cl)cc3)c(Br)ncc2=O)cc1. The van der Waals surface area contributed by atoms with Gasteiger partial charge in [-0.05, 0) is 52.3 Å². The van der Waals surface area contributed by atoms with E-state index < -0.39 is 0 Å². The Kier molecular flexibility index (Phi) is 4.28. The summed E-state index contributed by atoms with van der Waals surface area (Å²) >= 11 is 9.34. The lowest BCUT2D eigenvalue weighted by Gasteiger charge is -2.14. The molecule has 0 atom stereocenters. The van der Waals surface area contributed by atoms with Crippen molar-refractivity contribution >= 4 is 27.5 Å². The monoisotopic (exact) mass is 385 g/mol. The number of hydrogen-bond acceptors (Lipinski definition) is 3. The molecule has 23 heavy (non-hydrogen) atoms. The zero-order chi connectivity index (χ0) is 16.4. The molecule has 0 aliphatic rings. The summed E-state index contributed by atoms with van der Waals surface area (Å²) in [6, 6.07) is 16.0. The van der Waals surface area contributed by atoms with Gasteiger partial charge in [0.25, 0.3) is 5.56 Å². The molecule has 1 heterocycles. The van der Waals surface area contributed by atoms with Gasteiger partial charge in [0.2, 0.25) is 0 Å². The fourth-order valence-electron chi connectivity index (χ4n) is 2.23. The summed E-state index contributed by atoms with van der Waals surface area (Å²) in [6.07, 6.45) is 1.25. The highest BCUT2D eigenvalue weighted by Crippen LogP contribution is 2.28. The first-order chi connectivity index (χ1) is 11.1. The van der Waals surface area contributed by atoms with Gasteiger partial charge in [-0.3, -0.25) is 9.36 Å². The molecule has 6 heteroatoms. The number of nitriles is 1. The number of benzene rings is 2. The maximum Gasteiger partial charge on any atom is 0.274 e. The third-order valence-electron chi connectivity index (χ3n) is 3.30. The van der Waals surface area contributed by atoms with Crippen molar-refractivity contribution in [3.63, 3.8) is 0 Å². The van der Waals surface area contributed by atoms with Gasteiger partial charge in [-0.1, -0.05) is 23.7 Å². The normalized spacial score (nSPS) is 10.3. The number of hydrogen-bond donors (Lipinski definition) is 0.